The summed E-state index contributed by atoms with van der Waals surface area (Å²) in [5.74, 6) is 0.835. The van der Waals surface area contributed by atoms with Gasteiger partial charge < -0.3 is 25.1 Å². The van der Waals surface area contributed by atoms with Gasteiger partial charge in [-0.3, -0.25) is 9.59 Å². The van der Waals surface area contributed by atoms with Crippen molar-refractivity contribution in [3.8, 4) is 5.75 Å². The molecule has 1 aromatic carbocycles. The number of nitrogens with one attached hydrogen (secondary N) is 2. The SMILES string of the molecule is C=CC(=O)N1CC(NC(=O)c2ccc(CNc3cc(C4CCC4)c(Cl)cc3O)o2)C1. The van der Waals surface area contributed by atoms with Gasteiger partial charge in [-0.05, 0) is 48.6 Å². The second-order valence-corrected chi connectivity index (χ2v) is 8.16. The highest BCUT2D eigenvalue weighted by atomic mass is 35.5. The van der Waals surface area contributed by atoms with E-state index < -0.39 is 0 Å². The van der Waals surface area contributed by atoms with E-state index in [1.165, 1.54) is 12.5 Å². The number of furan rings is 1. The number of benzene rings is 1. The van der Waals surface area contributed by atoms with Crippen LogP contribution in [0.25, 0.3) is 0 Å². The van der Waals surface area contributed by atoms with Gasteiger partial charge in [-0.1, -0.05) is 24.6 Å². The number of halogens is 1. The number of carbonyl (C=O) groups excluding carboxylic acids is 2. The van der Waals surface area contributed by atoms with Crippen molar-refractivity contribution in [2.24, 2.45) is 0 Å². The van der Waals surface area contributed by atoms with E-state index in [0.717, 1.165) is 18.4 Å². The minimum absolute atomic E-state index is 0.0798. The van der Waals surface area contributed by atoms with Crippen LogP contribution in [0.4, 0.5) is 5.69 Å². The molecule has 30 heavy (non-hydrogen) atoms. The van der Waals surface area contributed by atoms with Crippen molar-refractivity contribution in [2.45, 2.75) is 37.8 Å². The number of carbonyl (C=O) groups is 2. The van der Waals surface area contributed by atoms with E-state index in [2.05, 4.69) is 17.2 Å². The van der Waals surface area contributed by atoms with Crippen molar-refractivity contribution < 1.29 is 19.1 Å². The smallest absolute Gasteiger partial charge is 0.287 e. The number of phenolic OH excluding ortho intramolecular Hbond substituents is 1. The normalized spacial score (nSPS) is 16.5. The average Bonchev–Trinajstić information content (AvgIpc) is 3.12. The molecule has 2 aliphatic rings. The van der Waals surface area contributed by atoms with Gasteiger partial charge in [-0.2, -0.15) is 0 Å². The number of likely N-dealkylation sites (tertiary alicyclic amines) is 1. The quantitative estimate of drug-likeness (QED) is 0.461. The van der Waals surface area contributed by atoms with E-state index in [1.54, 1.807) is 23.1 Å². The van der Waals surface area contributed by atoms with Crippen molar-refractivity contribution >= 4 is 29.1 Å². The van der Waals surface area contributed by atoms with E-state index in [1.807, 2.05) is 6.07 Å². The number of amides is 2. The van der Waals surface area contributed by atoms with E-state index >= 15 is 0 Å². The lowest BCUT2D eigenvalue weighted by molar-refractivity contribution is -0.130. The summed E-state index contributed by atoms with van der Waals surface area (Å²) in [6.45, 7) is 4.69. The molecule has 7 nitrogen and oxygen atoms in total. The van der Waals surface area contributed by atoms with E-state index in [0.29, 0.717) is 42.0 Å². The molecule has 0 spiro atoms. The largest absolute Gasteiger partial charge is 0.506 e. The summed E-state index contributed by atoms with van der Waals surface area (Å²) in [6.07, 6.45) is 4.69. The van der Waals surface area contributed by atoms with Crippen LogP contribution >= 0.6 is 11.6 Å². The van der Waals surface area contributed by atoms with Crippen LogP contribution in [-0.4, -0.2) is 41.0 Å². The number of hydrogen-bond acceptors (Lipinski definition) is 5. The molecule has 3 N–H and O–H groups in total. The van der Waals surface area contributed by atoms with Gasteiger partial charge in [0.15, 0.2) is 5.76 Å². The summed E-state index contributed by atoms with van der Waals surface area (Å²) in [7, 11) is 0. The zero-order valence-corrected chi connectivity index (χ0v) is 17.2. The Hall–Kier alpha value is -2.93. The molecule has 2 aromatic rings. The Balaban J connectivity index is 1.32. The summed E-state index contributed by atoms with van der Waals surface area (Å²) in [4.78, 5) is 25.4. The predicted octanol–water partition coefficient (Wildman–Crippen LogP) is 3.64. The molecule has 8 heteroatoms. The van der Waals surface area contributed by atoms with Crippen LogP contribution in [0.5, 0.6) is 5.75 Å². The van der Waals surface area contributed by atoms with E-state index in [4.69, 9.17) is 16.0 Å². The first-order chi connectivity index (χ1) is 14.4. The second-order valence-electron chi connectivity index (χ2n) is 7.76. The average molecular weight is 430 g/mol. The van der Waals surface area contributed by atoms with Gasteiger partial charge in [0.2, 0.25) is 5.91 Å². The monoisotopic (exact) mass is 429 g/mol. The first-order valence-corrected chi connectivity index (χ1v) is 10.4. The number of aromatic hydroxyl groups is 1. The summed E-state index contributed by atoms with van der Waals surface area (Å²) in [6, 6.07) is 6.70. The molecule has 1 aliphatic heterocycles. The molecule has 2 heterocycles. The topological polar surface area (TPSA) is 94.8 Å². The van der Waals surface area contributed by atoms with Crippen molar-refractivity contribution in [3.05, 3.63) is 59.0 Å². The predicted molar refractivity (Wildman–Crippen MR) is 114 cm³/mol. The van der Waals surface area contributed by atoms with Gasteiger partial charge in [0.05, 0.1) is 18.3 Å². The van der Waals surface area contributed by atoms with Crippen LogP contribution in [0.3, 0.4) is 0 Å². The van der Waals surface area contributed by atoms with Crippen molar-refractivity contribution in [1.29, 1.82) is 0 Å². The Labute approximate surface area is 179 Å². The number of phenols is 1. The minimum Gasteiger partial charge on any atom is -0.506 e. The van der Waals surface area contributed by atoms with Gasteiger partial charge in [0.25, 0.3) is 5.91 Å². The molecule has 4 rings (SSSR count). The maximum Gasteiger partial charge on any atom is 0.287 e. The van der Waals surface area contributed by atoms with Crippen LogP contribution in [0.1, 0.15) is 47.1 Å². The van der Waals surface area contributed by atoms with Crippen LogP contribution in [0, 0.1) is 0 Å². The molecule has 1 saturated heterocycles. The van der Waals surface area contributed by atoms with Crippen molar-refractivity contribution in [1.82, 2.24) is 10.2 Å². The third-order valence-corrected chi connectivity index (χ3v) is 6.03. The van der Waals surface area contributed by atoms with Crippen LogP contribution < -0.4 is 10.6 Å². The molecule has 1 saturated carbocycles. The zero-order chi connectivity index (χ0) is 21.3. The zero-order valence-electron chi connectivity index (χ0n) is 16.5. The van der Waals surface area contributed by atoms with E-state index in [-0.39, 0.29) is 29.4 Å². The molecule has 0 atom stereocenters. The Kier molecular flexibility index (Phi) is 5.72. The summed E-state index contributed by atoms with van der Waals surface area (Å²) in [5, 5.41) is 16.8. The number of hydrogen-bond donors (Lipinski definition) is 3. The molecule has 0 radical (unpaired) electrons. The third-order valence-electron chi connectivity index (χ3n) is 5.70. The number of anilines is 1. The van der Waals surface area contributed by atoms with Gasteiger partial charge in [0.1, 0.15) is 11.5 Å². The molecular formula is C22H24ClN3O4. The van der Waals surface area contributed by atoms with Gasteiger partial charge in [0, 0.05) is 24.2 Å². The summed E-state index contributed by atoms with van der Waals surface area (Å²) < 4.78 is 5.63. The Morgan fingerprint density at radius 1 is 1.30 bits per heavy atom. The summed E-state index contributed by atoms with van der Waals surface area (Å²) in [5.41, 5.74) is 1.64. The first kappa shape index (κ1) is 20.3. The van der Waals surface area contributed by atoms with Crippen LogP contribution in [0.2, 0.25) is 5.02 Å². The fourth-order valence-electron chi connectivity index (χ4n) is 3.67. The van der Waals surface area contributed by atoms with Gasteiger partial charge in [-0.25, -0.2) is 0 Å². The minimum atomic E-state index is -0.321. The summed E-state index contributed by atoms with van der Waals surface area (Å²) >= 11 is 6.28. The molecule has 1 aliphatic carbocycles. The first-order valence-electron chi connectivity index (χ1n) is 10.0. The number of rotatable bonds is 7. The Morgan fingerprint density at radius 3 is 2.73 bits per heavy atom. The van der Waals surface area contributed by atoms with Crippen molar-refractivity contribution in [2.75, 3.05) is 18.4 Å². The second kappa shape index (κ2) is 8.44. The van der Waals surface area contributed by atoms with Crippen LogP contribution in [0.15, 0.2) is 41.3 Å². The number of nitrogens with zero attached hydrogens (tertiary/aromatic N) is 1. The third kappa shape index (κ3) is 4.16. The Bertz CT molecular complexity index is 977. The molecule has 0 unspecified atom stereocenters. The molecular weight excluding hydrogens is 406 g/mol. The lowest BCUT2D eigenvalue weighted by Gasteiger charge is -2.38. The highest BCUT2D eigenvalue weighted by Gasteiger charge is 2.31. The lowest BCUT2D eigenvalue weighted by atomic mass is 9.80. The molecule has 1 aromatic heterocycles. The van der Waals surface area contributed by atoms with Gasteiger partial charge in [-0.15, -0.1) is 0 Å². The lowest BCUT2D eigenvalue weighted by Crippen LogP contribution is -2.60. The molecule has 2 fully saturated rings. The fourth-order valence-corrected chi connectivity index (χ4v) is 3.98. The van der Waals surface area contributed by atoms with E-state index in [9.17, 15) is 14.7 Å². The Morgan fingerprint density at radius 2 is 2.07 bits per heavy atom. The standard InChI is InChI=1S/C22H24ClN3O4/c1-2-21(28)26-11-14(12-26)25-22(29)20-7-6-15(30-20)10-24-18-8-16(13-4-3-5-13)17(23)9-19(18)27/h2,6-9,13-14,24,27H,1,3-5,10-12H2,(H,25,29). The maximum absolute atomic E-state index is 12.3. The molecule has 0 bridgehead atoms. The maximum atomic E-state index is 12.3. The molecule has 2 amide bonds. The molecule has 158 valence electrons. The highest BCUT2D eigenvalue weighted by molar-refractivity contribution is 6.31. The van der Waals surface area contributed by atoms with Crippen molar-refractivity contribution in [3.63, 3.8) is 0 Å². The van der Waals surface area contributed by atoms with Gasteiger partial charge >= 0.3 is 0 Å². The fraction of sp³-hybridized carbons (Fsp3) is 0.364. The highest BCUT2D eigenvalue weighted by Crippen LogP contribution is 2.43. The van der Waals surface area contributed by atoms with Crippen LogP contribution in [-0.2, 0) is 11.3 Å².